The molecule has 9 aromatic carbocycles. The van der Waals surface area contributed by atoms with Gasteiger partial charge in [0, 0.05) is 17.4 Å². The SMILES string of the molecule is C1=CC2CCCC2C=C1.[C-]#CC(CC(=O)c1ccccc1)(c1ccccc1)c1ccccc1.[Ru+2].c1ccc(P(c2ccccc2)c2ccccc2)cc1.c1ccc(P(c2ccccc2)c2ccccc2)cc1. The van der Waals surface area contributed by atoms with Crippen LogP contribution in [0.1, 0.15) is 47.2 Å². The van der Waals surface area contributed by atoms with E-state index in [2.05, 4.69) is 212 Å². The number of ketones is 1. The molecular formula is C68H59OP2Ru+. The van der Waals surface area contributed by atoms with Crippen LogP contribution in [0.4, 0.5) is 0 Å². The number of benzene rings is 9. The molecule has 0 aliphatic heterocycles. The molecule has 1 fully saturated rings. The van der Waals surface area contributed by atoms with Crippen LogP contribution in [0.3, 0.4) is 0 Å². The van der Waals surface area contributed by atoms with Gasteiger partial charge in [0.05, 0.1) is 0 Å². The Balaban J connectivity index is 0.000000146. The average molecular weight is 1060 g/mol. The topological polar surface area (TPSA) is 17.1 Å². The van der Waals surface area contributed by atoms with E-state index in [1.54, 1.807) is 0 Å². The van der Waals surface area contributed by atoms with Crippen molar-refractivity contribution in [3.05, 3.63) is 320 Å². The largest absolute Gasteiger partial charge is 2.00 e. The summed E-state index contributed by atoms with van der Waals surface area (Å²) in [6.07, 6.45) is 21.6. The molecule has 4 heteroatoms. The third-order valence-electron chi connectivity index (χ3n) is 12.8. The molecule has 0 N–H and O–H groups in total. The molecule has 1 nitrogen and oxygen atoms in total. The van der Waals surface area contributed by atoms with Gasteiger partial charge in [0.15, 0.2) is 5.78 Å². The molecule has 354 valence electrons. The van der Waals surface area contributed by atoms with Crippen LogP contribution >= 0.6 is 15.8 Å². The number of fused-ring (bicyclic) bond motifs is 1. The molecule has 2 aliphatic rings. The van der Waals surface area contributed by atoms with Crippen LogP contribution in [0.5, 0.6) is 0 Å². The number of carbonyl (C=O) groups excluding carboxylic acids is 1. The first-order valence-corrected chi connectivity index (χ1v) is 27.2. The average Bonchev–Trinajstić information content (AvgIpc) is 3.95. The van der Waals surface area contributed by atoms with Crippen molar-refractivity contribution in [2.45, 2.75) is 31.1 Å². The minimum absolute atomic E-state index is 0. The van der Waals surface area contributed by atoms with Gasteiger partial charge in [-0.3, -0.25) is 4.79 Å². The van der Waals surface area contributed by atoms with Gasteiger partial charge in [-0.25, -0.2) is 0 Å². The van der Waals surface area contributed by atoms with Crippen molar-refractivity contribution >= 4 is 53.5 Å². The molecule has 0 amide bonds. The monoisotopic (exact) mass is 1060 g/mol. The van der Waals surface area contributed by atoms with Crippen molar-refractivity contribution < 1.29 is 24.3 Å². The Morgan fingerprint density at radius 3 is 0.917 bits per heavy atom. The summed E-state index contributed by atoms with van der Waals surface area (Å²) in [5, 5.41) is 8.39. The van der Waals surface area contributed by atoms with E-state index in [-0.39, 0.29) is 31.7 Å². The summed E-state index contributed by atoms with van der Waals surface area (Å²) in [4.78, 5) is 12.8. The van der Waals surface area contributed by atoms with Gasteiger partial charge in [-0.15, -0.1) is 0 Å². The van der Waals surface area contributed by atoms with Gasteiger partial charge in [0.25, 0.3) is 0 Å². The Hall–Kier alpha value is -6.83. The zero-order chi connectivity index (χ0) is 48.8. The molecule has 1 saturated carbocycles. The number of allylic oxidation sites excluding steroid dienone is 4. The summed E-state index contributed by atoms with van der Waals surface area (Å²) in [5.41, 5.74) is 1.57. The smallest absolute Gasteiger partial charge is 0.692 e. The predicted octanol–water partition coefficient (Wildman–Crippen LogP) is 14.3. The summed E-state index contributed by atoms with van der Waals surface area (Å²) in [6.45, 7) is 0. The Morgan fingerprint density at radius 1 is 0.403 bits per heavy atom. The summed E-state index contributed by atoms with van der Waals surface area (Å²) in [7, 11) is -0.892. The van der Waals surface area contributed by atoms with Crippen LogP contribution in [0.25, 0.3) is 0 Å². The third-order valence-corrected chi connectivity index (χ3v) is 17.7. The maximum absolute atomic E-state index is 12.8. The normalized spacial score (nSPS) is 14.1. The van der Waals surface area contributed by atoms with E-state index >= 15 is 0 Å². The molecule has 9 aromatic rings. The maximum atomic E-state index is 12.8. The Kier molecular flexibility index (Phi) is 20.8. The van der Waals surface area contributed by atoms with Gasteiger partial charge < -0.3 is 12.3 Å². The molecule has 72 heavy (non-hydrogen) atoms. The van der Waals surface area contributed by atoms with Crippen molar-refractivity contribution in [1.29, 1.82) is 0 Å². The Morgan fingerprint density at radius 2 is 0.653 bits per heavy atom. The van der Waals surface area contributed by atoms with E-state index in [4.69, 9.17) is 6.42 Å². The fraction of sp³-hybridized carbons (Fsp3) is 0.103. The predicted molar refractivity (Wildman–Crippen MR) is 306 cm³/mol. The van der Waals surface area contributed by atoms with Gasteiger partial charge in [0.1, 0.15) is 0 Å². The van der Waals surface area contributed by atoms with Gasteiger partial charge in [-0.05, 0) is 83.5 Å². The van der Waals surface area contributed by atoms with Crippen molar-refractivity contribution in [3.63, 3.8) is 0 Å². The molecule has 0 bridgehead atoms. The molecular weight excluding hydrogens is 996 g/mol. The zero-order valence-corrected chi connectivity index (χ0v) is 44.0. The van der Waals surface area contributed by atoms with E-state index in [9.17, 15) is 4.79 Å². The first-order chi connectivity index (χ1) is 35.1. The van der Waals surface area contributed by atoms with E-state index in [1.807, 2.05) is 91.0 Å². The van der Waals surface area contributed by atoms with Gasteiger partial charge in [0.2, 0.25) is 0 Å². The number of Topliss-reactive ketones (excluding diaryl/α,β-unsaturated/α-hetero) is 1. The summed E-state index contributed by atoms with van der Waals surface area (Å²) < 4.78 is 0. The number of rotatable bonds is 11. The van der Waals surface area contributed by atoms with E-state index in [0.717, 1.165) is 23.0 Å². The molecule has 0 aromatic heterocycles. The Bertz CT molecular complexity index is 2670. The minimum atomic E-state index is -0.880. The van der Waals surface area contributed by atoms with Gasteiger partial charge in [-0.1, -0.05) is 304 Å². The van der Waals surface area contributed by atoms with Crippen LogP contribution in [0, 0.1) is 24.2 Å². The van der Waals surface area contributed by atoms with E-state index < -0.39 is 21.3 Å². The van der Waals surface area contributed by atoms with Crippen LogP contribution in [-0.4, -0.2) is 5.78 Å². The van der Waals surface area contributed by atoms with Crippen molar-refractivity contribution in [2.24, 2.45) is 11.8 Å². The molecule has 0 heterocycles. The molecule has 0 saturated heterocycles. The van der Waals surface area contributed by atoms with Gasteiger partial charge >= 0.3 is 19.5 Å². The first kappa shape index (κ1) is 53.0. The summed E-state index contributed by atoms with van der Waals surface area (Å²) >= 11 is 0. The van der Waals surface area contributed by atoms with Crippen LogP contribution in [0.15, 0.2) is 297 Å². The molecule has 2 aliphatic carbocycles. The first-order valence-electron chi connectivity index (χ1n) is 24.5. The molecule has 2 unspecified atom stereocenters. The number of carbonyl (C=O) groups is 1. The maximum Gasteiger partial charge on any atom is 2.00 e. The number of hydrogen-bond donors (Lipinski definition) is 0. The van der Waals surface area contributed by atoms with Crippen LogP contribution < -0.4 is 31.8 Å². The van der Waals surface area contributed by atoms with Crippen LogP contribution in [-0.2, 0) is 24.9 Å². The molecule has 0 radical (unpaired) electrons. The standard InChI is InChI=1S/C23H17O.2C18H15P.C9H12.Ru/c1-2-23(20-14-8-4-9-15-20,21-16-10-5-11-17-21)18-22(24)19-12-6-3-7-13-19;2*1-4-10-16(11-5-1)19(17-12-6-2-7-13-17)18-14-8-3-9-15-18;1-2-5-9-7-3-6-8(9)4-1;/h3-17H,18H2;2*1-15H;1-2,4-5,8-9H,3,6-7H2;/q-1;;;;+2. The second-order valence-corrected chi connectivity index (χ2v) is 21.9. The summed E-state index contributed by atoms with van der Waals surface area (Å²) in [5.74, 6) is 4.48. The van der Waals surface area contributed by atoms with Crippen molar-refractivity contribution in [1.82, 2.24) is 0 Å². The fourth-order valence-electron chi connectivity index (χ4n) is 9.24. The molecule has 0 spiro atoms. The quantitative estimate of drug-likeness (QED) is 0.0415. The molecule has 11 rings (SSSR count). The van der Waals surface area contributed by atoms with Crippen molar-refractivity contribution in [2.75, 3.05) is 0 Å². The minimum Gasteiger partial charge on any atom is -0.692 e. The molecule has 2 atom stereocenters. The Labute approximate surface area is 444 Å². The zero-order valence-electron chi connectivity index (χ0n) is 40.4. The fourth-order valence-corrected chi connectivity index (χ4v) is 13.8. The van der Waals surface area contributed by atoms with E-state index in [0.29, 0.717) is 5.56 Å². The van der Waals surface area contributed by atoms with Crippen molar-refractivity contribution in [3.8, 4) is 5.92 Å². The third kappa shape index (κ3) is 14.4. The van der Waals surface area contributed by atoms with E-state index in [1.165, 1.54) is 51.1 Å². The second-order valence-electron chi connectivity index (χ2n) is 17.4. The number of hydrogen-bond acceptors (Lipinski definition) is 1. The summed E-state index contributed by atoms with van der Waals surface area (Å²) in [6, 6.07) is 93.3. The second kappa shape index (κ2) is 28.3. The van der Waals surface area contributed by atoms with Crippen LogP contribution in [0.2, 0.25) is 0 Å². The van der Waals surface area contributed by atoms with Gasteiger partial charge in [-0.2, -0.15) is 0 Å².